The van der Waals surface area contributed by atoms with Crippen molar-refractivity contribution >= 4 is 18.2 Å². The topological polar surface area (TPSA) is 127 Å². The van der Waals surface area contributed by atoms with Gasteiger partial charge in [-0.1, -0.05) is 61.5 Å². The lowest BCUT2D eigenvalue weighted by Gasteiger charge is -2.37. The van der Waals surface area contributed by atoms with Gasteiger partial charge in [-0.05, 0) is 66.2 Å². The first-order chi connectivity index (χ1) is 23.0. The van der Waals surface area contributed by atoms with Crippen LogP contribution in [0, 0.1) is 6.92 Å². The van der Waals surface area contributed by atoms with Crippen LogP contribution in [0.4, 0.5) is 0 Å². The molecular weight excluding hydrogens is 655 g/mol. The Bertz CT molecular complexity index is 1820. The summed E-state index contributed by atoms with van der Waals surface area (Å²) in [6.45, 7) is 1.81. The smallest absolute Gasteiger partial charge is 0.390 e. The minimum Gasteiger partial charge on any atom is -0.497 e. The highest BCUT2D eigenvalue weighted by Crippen LogP contribution is 2.70. The van der Waals surface area contributed by atoms with E-state index in [1.54, 1.807) is 21.1 Å². The number of nitrogens with zero attached hydrogens (tertiary/aromatic N) is 1. The molecule has 1 N–H and O–H groups in total. The van der Waals surface area contributed by atoms with Crippen molar-refractivity contribution in [1.29, 1.82) is 0 Å². The third kappa shape index (κ3) is 6.78. The fraction of sp³-hybridized carbons (Fsp3) is 0.371. The number of methoxy groups -OCH3 is 2. The highest BCUT2D eigenvalue weighted by Gasteiger charge is 2.49. The molecule has 3 heterocycles. The average molecular weight is 695 g/mol. The molecule has 4 aromatic rings. The summed E-state index contributed by atoms with van der Waals surface area (Å²) in [6, 6.07) is 25.1. The summed E-state index contributed by atoms with van der Waals surface area (Å²) in [4.78, 5) is 27.4. The number of aryl methyl sites for hydroxylation is 1. The Hall–Kier alpha value is -3.64. The number of aromatic nitrogens is 2. The van der Waals surface area contributed by atoms with E-state index in [4.69, 9.17) is 28.0 Å². The Labute approximate surface area is 282 Å². The molecule has 254 valence electrons. The second-order valence-electron chi connectivity index (χ2n) is 11.9. The zero-order valence-electron chi connectivity index (χ0n) is 27.4. The molecule has 0 radical (unpaired) electrons. The molecule has 3 aromatic carbocycles. The number of nitrogens with one attached hydrogen (secondary N) is 1. The molecule has 0 aliphatic carbocycles. The summed E-state index contributed by atoms with van der Waals surface area (Å²) in [5, 5.41) is -0.0380. The van der Waals surface area contributed by atoms with Gasteiger partial charge in [0.2, 0.25) is 0 Å². The molecule has 0 saturated carbocycles. The highest BCUT2D eigenvalue weighted by atomic mass is 32.7. The van der Waals surface area contributed by atoms with Gasteiger partial charge in [0, 0.05) is 23.4 Å². The third-order valence-corrected chi connectivity index (χ3v) is 13.2. The monoisotopic (exact) mass is 694 g/mol. The van der Waals surface area contributed by atoms with Gasteiger partial charge < -0.3 is 18.9 Å². The van der Waals surface area contributed by atoms with Crippen molar-refractivity contribution in [2.75, 3.05) is 20.8 Å². The molecular formula is C35H39N2O9PS. The summed E-state index contributed by atoms with van der Waals surface area (Å²) in [7, 11) is 3.23. The van der Waals surface area contributed by atoms with Crippen LogP contribution in [0.25, 0.3) is 0 Å². The van der Waals surface area contributed by atoms with E-state index >= 15 is 0 Å². The molecule has 2 aliphatic rings. The van der Waals surface area contributed by atoms with Crippen molar-refractivity contribution in [3.63, 3.8) is 0 Å². The lowest BCUT2D eigenvalue weighted by atomic mass is 9.80. The molecule has 2 aliphatic heterocycles. The van der Waals surface area contributed by atoms with Gasteiger partial charge in [-0.3, -0.25) is 23.4 Å². The van der Waals surface area contributed by atoms with Crippen LogP contribution in [0.15, 0.2) is 94.6 Å². The van der Waals surface area contributed by atoms with Crippen molar-refractivity contribution in [3.05, 3.63) is 128 Å². The van der Waals surface area contributed by atoms with E-state index in [2.05, 4.69) is 4.98 Å². The Morgan fingerprint density at radius 1 is 0.917 bits per heavy atom. The van der Waals surface area contributed by atoms with Gasteiger partial charge in [0.1, 0.15) is 35.5 Å². The number of benzene rings is 3. The molecule has 13 heteroatoms. The maximum atomic E-state index is 13.8. The van der Waals surface area contributed by atoms with E-state index in [0.29, 0.717) is 17.1 Å². The zero-order valence-corrected chi connectivity index (χ0v) is 29.1. The predicted octanol–water partition coefficient (Wildman–Crippen LogP) is 6.19. The number of ether oxygens (including phenoxy) is 4. The van der Waals surface area contributed by atoms with Crippen LogP contribution >= 0.6 is 18.2 Å². The molecule has 6 atom stereocenters. The Kier molecular flexibility index (Phi) is 10.0. The summed E-state index contributed by atoms with van der Waals surface area (Å²) >= 11 is 1.17. The van der Waals surface area contributed by atoms with Crippen LogP contribution in [0.5, 0.6) is 11.5 Å². The summed E-state index contributed by atoms with van der Waals surface area (Å²) < 4.78 is 51.7. The van der Waals surface area contributed by atoms with Crippen LogP contribution in [-0.2, 0) is 28.7 Å². The van der Waals surface area contributed by atoms with E-state index in [1.807, 2.05) is 92.7 Å². The fourth-order valence-electron chi connectivity index (χ4n) is 6.03. The first-order valence-corrected chi connectivity index (χ1v) is 18.7. The lowest BCUT2D eigenvalue weighted by molar-refractivity contribution is -0.0923. The van der Waals surface area contributed by atoms with Crippen LogP contribution in [0.2, 0.25) is 0 Å². The molecule has 0 bridgehead atoms. The van der Waals surface area contributed by atoms with E-state index in [9.17, 15) is 14.2 Å². The minimum absolute atomic E-state index is 0.0268. The molecule has 6 rings (SSSR count). The van der Waals surface area contributed by atoms with E-state index in [0.717, 1.165) is 16.7 Å². The van der Waals surface area contributed by atoms with Gasteiger partial charge in [-0.2, -0.15) is 0 Å². The Balaban J connectivity index is 1.42. The number of H-pyrrole nitrogens is 1. The van der Waals surface area contributed by atoms with Crippen molar-refractivity contribution in [2.24, 2.45) is 0 Å². The van der Waals surface area contributed by atoms with Crippen molar-refractivity contribution < 1.29 is 32.6 Å². The predicted molar refractivity (Wildman–Crippen MR) is 183 cm³/mol. The SMILES string of the molecule is COc1ccc(C(OC[C@H]2O[C@H](n3cc(C)c(=O)[nH]c3=O)C[C@@H]2OP2(=O)OC(C)C(C)S2)(c2ccccc2)c2ccc(OC)cc2)cc1. The second kappa shape index (κ2) is 14.1. The van der Waals surface area contributed by atoms with Crippen LogP contribution in [0.1, 0.15) is 48.8 Å². The second-order valence-corrected chi connectivity index (χ2v) is 16.1. The molecule has 0 spiro atoms. The molecule has 3 unspecified atom stereocenters. The van der Waals surface area contributed by atoms with Gasteiger partial charge >= 0.3 is 12.5 Å². The number of rotatable bonds is 11. The third-order valence-electron chi connectivity index (χ3n) is 8.79. The standard InChI is InChI=1S/C35H39N2O9PS/c1-22-20-37(34(39)36-33(22)38)32-19-30(46-47(40)45-23(2)24(3)48-47)31(44-32)21-43-35(25-9-7-6-8-10-25,26-11-15-28(41-4)16-12-26)27-13-17-29(42-5)18-14-27/h6-18,20,23-24,30-32H,19,21H2,1-5H3,(H,36,38,39)/t23?,24?,30-,31+,32-,47?/m0/s1. The Morgan fingerprint density at radius 2 is 1.50 bits per heavy atom. The van der Waals surface area contributed by atoms with E-state index in [1.165, 1.54) is 22.1 Å². The average Bonchev–Trinajstić information content (AvgIpc) is 3.60. The maximum Gasteiger partial charge on any atom is 0.390 e. The van der Waals surface area contributed by atoms with E-state index < -0.39 is 42.1 Å². The molecule has 11 nitrogen and oxygen atoms in total. The quantitative estimate of drug-likeness (QED) is 0.143. The highest BCUT2D eigenvalue weighted by molar-refractivity contribution is 8.55. The zero-order chi connectivity index (χ0) is 34.1. The molecule has 1 aromatic heterocycles. The normalized spacial score (nSPS) is 25.6. The summed E-state index contributed by atoms with van der Waals surface area (Å²) in [5.41, 5.74) is 0.604. The number of hydrogen-bond donors (Lipinski definition) is 1. The van der Waals surface area contributed by atoms with Gasteiger partial charge in [-0.15, -0.1) is 0 Å². The molecule has 2 fully saturated rings. The first kappa shape index (κ1) is 34.2. The molecule has 0 amide bonds. The lowest BCUT2D eigenvalue weighted by Crippen LogP contribution is -2.38. The number of aromatic amines is 1. The van der Waals surface area contributed by atoms with Gasteiger partial charge in [0.25, 0.3) is 5.56 Å². The van der Waals surface area contributed by atoms with Crippen LogP contribution in [0.3, 0.4) is 0 Å². The largest absolute Gasteiger partial charge is 0.497 e. The molecule has 48 heavy (non-hydrogen) atoms. The van der Waals surface area contributed by atoms with Crippen LogP contribution < -0.4 is 20.7 Å². The summed E-state index contributed by atoms with van der Waals surface area (Å²) in [5.74, 6) is 1.38. The first-order valence-electron chi connectivity index (χ1n) is 15.7. The Morgan fingerprint density at radius 3 is 2.04 bits per heavy atom. The van der Waals surface area contributed by atoms with Gasteiger partial charge in [0.05, 0.1) is 26.9 Å². The van der Waals surface area contributed by atoms with Gasteiger partial charge in [-0.25, -0.2) is 9.36 Å². The van der Waals surface area contributed by atoms with Crippen molar-refractivity contribution in [1.82, 2.24) is 9.55 Å². The number of hydrogen-bond acceptors (Lipinski definition) is 10. The fourth-order valence-corrected chi connectivity index (χ4v) is 10.8. The van der Waals surface area contributed by atoms with Crippen molar-refractivity contribution in [3.8, 4) is 11.5 Å². The van der Waals surface area contributed by atoms with E-state index in [-0.39, 0.29) is 24.4 Å². The molecule has 2 saturated heterocycles. The summed E-state index contributed by atoms with van der Waals surface area (Å²) in [6.07, 6.45) is -1.02. The van der Waals surface area contributed by atoms with Gasteiger partial charge in [0.15, 0.2) is 0 Å². The van der Waals surface area contributed by atoms with Crippen molar-refractivity contribution in [2.45, 2.75) is 62.6 Å². The maximum absolute atomic E-state index is 13.8. The van der Waals surface area contributed by atoms with Crippen LogP contribution in [-0.4, -0.2) is 53.9 Å². The minimum atomic E-state index is -3.56.